The van der Waals surface area contributed by atoms with Crippen molar-refractivity contribution >= 4 is 29.9 Å². The van der Waals surface area contributed by atoms with Gasteiger partial charge in [-0.3, -0.25) is 19.2 Å². The number of nitrogens with one attached hydrogen (secondary N) is 2. The maximum absolute atomic E-state index is 13.0. The highest BCUT2D eigenvalue weighted by Gasteiger charge is 2.34. The lowest BCUT2D eigenvalue weighted by atomic mass is 10.0. The summed E-state index contributed by atoms with van der Waals surface area (Å²) in [7, 11) is 0. The van der Waals surface area contributed by atoms with Crippen LogP contribution >= 0.6 is 0 Å². The second kappa shape index (κ2) is 19.4. The van der Waals surface area contributed by atoms with Crippen molar-refractivity contribution in [3.8, 4) is 0 Å². The van der Waals surface area contributed by atoms with Crippen molar-refractivity contribution in [1.82, 2.24) is 10.6 Å². The number of rotatable bonds is 20. The Hall–Kier alpha value is -2.97. The van der Waals surface area contributed by atoms with Gasteiger partial charge in [0, 0.05) is 13.0 Å². The summed E-state index contributed by atoms with van der Waals surface area (Å²) in [5.74, 6) is -2.39. The molecular weight excluding hydrogens is 580 g/mol. The minimum Gasteiger partial charge on any atom is -0.481 e. The number of carboxylic acids is 1. The van der Waals surface area contributed by atoms with Crippen LogP contribution in [0.2, 0.25) is 0 Å². The Labute approximate surface area is 261 Å². The van der Waals surface area contributed by atoms with Gasteiger partial charge in [-0.15, -0.1) is 0 Å². The number of amides is 2. The summed E-state index contributed by atoms with van der Waals surface area (Å²) in [5.41, 5.74) is -3.27. The van der Waals surface area contributed by atoms with Gasteiger partial charge in [-0.1, -0.05) is 0 Å². The van der Waals surface area contributed by atoms with Crippen molar-refractivity contribution < 1.29 is 57.5 Å². The molecule has 0 rings (SSSR count). The molecule has 0 aromatic carbocycles. The number of ether oxygens (including phenoxy) is 6. The van der Waals surface area contributed by atoms with E-state index in [4.69, 9.17) is 33.5 Å². The minimum absolute atomic E-state index is 0.0164. The Kier molecular flexibility index (Phi) is 18.1. The van der Waals surface area contributed by atoms with Crippen LogP contribution in [0.3, 0.4) is 0 Å². The van der Waals surface area contributed by atoms with Gasteiger partial charge in [0.2, 0.25) is 5.91 Å². The number of aliphatic carboxylic acids is 1. The summed E-state index contributed by atoms with van der Waals surface area (Å²) >= 11 is 0. The first-order chi connectivity index (χ1) is 20.1. The van der Waals surface area contributed by atoms with Crippen molar-refractivity contribution in [3.05, 3.63) is 0 Å². The average molecular weight is 635 g/mol. The Morgan fingerprint density at radius 1 is 0.591 bits per heavy atom. The predicted octanol–water partition coefficient (Wildman–Crippen LogP) is 3.13. The van der Waals surface area contributed by atoms with E-state index in [1.807, 2.05) is 0 Å². The Morgan fingerprint density at radius 3 is 1.39 bits per heavy atom. The maximum atomic E-state index is 13.0. The molecule has 3 N–H and O–H groups in total. The molecule has 0 saturated heterocycles. The molecule has 0 heterocycles. The van der Waals surface area contributed by atoms with Gasteiger partial charge < -0.3 is 44.2 Å². The fourth-order valence-electron chi connectivity index (χ4n) is 3.40. The number of carbonyl (C=O) groups excluding carboxylic acids is 4. The number of carboxylic acid groups (broad SMARTS) is 1. The Morgan fingerprint density at radius 2 is 1.00 bits per heavy atom. The topological polar surface area (TPSA) is 185 Å². The van der Waals surface area contributed by atoms with Gasteiger partial charge >= 0.3 is 24.0 Å². The van der Waals surface area contributed by atoms with Crippen LogP contribution in [-0.4, -0.2) is 104 Å². The van der Waals surface area contributed by atoms with Crippen LogP contribution in [0.1, 0.15) is 94.4 Å². The molecule has 0 radical (unpaired) electrons. The zero-order chi connectivity index (χ0) is 34.0. The first-order valence-corrected chi connectivity index (χ1v) is 14.8. The largest absolute Gasteiger partial charge is 0.481 e. The van der Waals surface area contributed by atoms with E-state index in [2.05, 4.69) is 10.6 Å². The predicted molar refractivity (Wildman–Crippen MR) is 160 cm³/mol. The fourth-order valence-corrected chi connectivity index (χ4v) is 3.40. The molecule has 2 amide bonds. The molecule has 0 atom stereocenters. The van der Waals surface area contributed by atoms with Gasteiger partial charge in [0.25, 0.3) is 0 Å². The summed E-state index contributed by atoms with van der Waals surface area (Å²) in [4.78, 5) is 60.1. The molecule has 0 unspecified atom stereocenters. The van der Waals surface area contributed by atoms with Crippen LogP contribution in [0.4, 0.5) is 4.79 Å². The molecule has 0 aliphatic carbocycles. The Bertz CT molecular complexity index is 880. The number of hydrogen-bond donors (Lipinski definition) is 3. The van der Waals surface area contributed by atoms with Crippen LogP contribution in [0, 0.1) is 0 Å². The molecule has 256 valence electrons. The van der Waals surface area contributed by atoms with E-state index in [1.165, 1.54) is 0 Å². The van der Waals surface area contributed by atoms with Crippen molar-refractivity contribution in [2.45, 2.75) is 117 Å². The molecule has 0 aliphatic heterocycles. The third kappa shape index (κ3) is 24.5. The van der Waals surface area contributed by atoms with E-state index in [0.29, 0.717) is 6.42 Å². The molecule has 0 aliphatic rings. The van der Waals surface area contributed by atoms with Crippen LogP contribution in [-0.2, 0) is 47.6 Å². The van der Waals surface area contributed by atoms with Gasteiger partial charge in [0.1, 0.15) is 22.3 Å². The van der Waals surface area contributed by atoms with E-state index in [0.717, 1.165) is 0 Å². The lowest BCUT2D eigenvalue weighted by Gasteiger charge is -2.34. The maximum Gasteiger partial charge on any atom is 0.407 e. The minimum atomic E-state index is -1.30. The van der Waals surface area contributed by atoms with E-state index >= 15 is 0 Å². The molecular formula is C30H54N2O12. The summed E-state index contributed by atoms with van der Waals surface area (Å²) in [6.07, 6.45) is -0.647. The summed E-state index contributed by atoms with van der Waals surface area (Å²) < 4.78 is 32.9. The van der Waals surface area contributed by atoms with Crippen molar-refractivity contribution in [3.63, 3.8) is 0 Å². The average Bonchev–Trinajstić information content (AvgIpc) is 2.82. The zero-order valence-corrected chi connectivity index (χ0v) is 27.9. The van der Waals surface area contributed by atoms with Gasteiger partial charge in [0.05, 0.1) is 58.9 Å². The van der Waals surface area contributed by atoms with Crippen LogP contribution in [0.15, 0.2) is 0 Å². The number of esters is 2. The highest BCUT2D eigenvalue weighted by molar-refractivity contribution is 5.77. The van der Waals surface area contributed by atoms with Gasteiger partial charge in [-0.05, 0) is 68.7 Å². The van der Waals surface area contributed by atoms with Crippen LogP contribution in [0.5, 0.6) is 0 Å². The summed E-state index contributed by atoms with van der Waals surface area (Å²) in [5, 5.41) is 14.4. The number of hydrogen-bond acceptors (Lipinski definition) is 11. The van der Waals surface area contributed by atoms with Gasteiger partial charge in [0.15, 0.2) is 0 Å². The highest BCUT2D eigenvalue weighted by atomic mass is 16.6. The van der Waals surface area contributed by atoms with Crippen molar-refractivity contribution in [2.75, 3.05) is 46.2 Å². The highest BCUT2D eigenvalue weighted by Crippen LogP contribution is 2.14. The Balaban J connectivity index is 5.47. The standard InChI is InChI=1S/C30H54N2O12/c1-27(2,3)42-24(36)13-17-40-20-30(19-39-16-12-23(34)35,21-41-18-14-25(37)43-28(4,5)6)32-22(33)11-10-15-31-26(38)44-29(7,8)9/h10-21H2,1-9H3,(H,31,38)(H,32,33)(H,34,35). The normalized spacial score (nSPS) is 12.3. The van der Waals surface area contributed by atoms with Crippen LogP contribution < -0.4 is 10.6 Å². The van der Waals surface area contributed by atoms with Crippen LogP contribution in [0.25, 0.3) is 0 Å². The van der Waals surface area contributed by atoms with Gasteiger partial charge in [-0.25, -0.2) is 4.79 Å². The van der Waals surface area contributed by atoms with E-state index in [1.54, 1.807) is 62.3 Å². The third-order valence-corrected chi connectivity index (χ3v) is 4.99. The molecule has 44 heavy (non-hydrogen) atoms. The molecule has 0 aromatic heterocycles. The first-order valence-electron chi connectivity index (χ1n) is 14.8. The van der Waals surface area contributed by atoms with Gasteiger partial charge in [-0.2, -0.15) is 0 Å². The van der Waals surface area contributed by atoms with Crippen molar-refractivity contribution in [1.29, 1.82) is 0 Å². The first kappa shape index (κ1) is 41.0. The SMILES string of the molecule is CC(C)(C)OC(=O)CCOCC(COCCC(=O)O)(COCCC(=O)OC(C)(C)C)NC(=O)CCCNC(=O)OC(C)(C)C. The second-order valence-corrected chi connectivity index (χ2v) is 13.3. The molecule has 0 saturated carbocycles. The number of alkyl carbamates (subject to hydrolysis) is 1. The van der Waals surface area contributed by atoms with E-state index in [9.17, 15) is 24.0 Å². The van der Waals surface area contributed by atoms with Crippen molar-refractivity contribution in [2.24, 2.45) is 0 Å². The van der Waals surface area contributed by atoms with E-state index in [-0.39, 0.29) is 71.9 Å². The number of carbonyl (C=O) groups is 5. The van der Waals surface area contributed by atoms with E-state index < -0.39 is 52.3 Å². The lowest BCUT2D eigenvalue weighted by molar-refractivity contribution is -0.157. The second-order valence-electron chi connectivity index (χ2n) is 13.3. The molecule has 0 aromatic rings. The summed E-state index contributed by atoms with van der Waals surface area (Å²) in [6, 6.07) is 0. The molecule has 14 heteroatoms. The molecule has 0 bridgehead atoms. The quantitative estimate of drug-likeness (QED) is 0.101. The summed E-state index contributed by atoms with van der Waals surface area (Å²) in [6.45, 7) is 15.2. The monoisotopic (exact) mass is 634 g/mol. The fraction of sp³-hybridized carbons (Fsp3) is 0.833. The molecule has 0 fully saturated rings. The lowest BCUT2D eigenvalue weighted by Crippen LogP contribution is -2.58. The molecule has 14 nitrogen and oxygen atoms in total. The molecule has 0 spiro atoms. The third-order valence-electron chi connectivity index (χ3n) is 4.99. The zero-order valence-electron chi connectivity index (χ0n) is 27.9. The smallest absolute Gasteiger partial charge is 0.407 e.